The Bertz CT molecular complexity index is 557. The summed E-state index contributed by atoms with van der Waals surface area (Å²) in [7, 11) is -3.39. The van der Waals surface area contributed by atoms with E-state index in [4.69, 9.17) is 0 Å². The second-order valence-corrected chi connectivity index (χ2v) is 7.83. The summed E-state index contributed by atoms with van der Waals surface area (Å²) < 4.78 is 27.5. The van der Waals surface area contributed by atoms with Gasteiger partial charge in [-0.2, -0.15) is 0 Å². The van der Waals surface area contributed by atoms with Gasteiger partial charge in [-0.25, -0.2) is 13.1 Å². The van der Waals surface area contributed by atoms with Crippen molar-refractivity contribution in [3.05, 3.63) is 29.8 Å². The van der Waals surface area contributed by atoms with Crippen molar-refractivity contribution in [2.75, 3.05) is 13.1 Å². The highest BCUT2D eigenvalue weighted by Crippen LogP contribution is 2.29. The highest BCUT2D eigenvalue weighted by molar-refractivity contribution is 7.89. The topological polar surface area (TPSA) is 58.2 Å². The molecule has 4 nitrogen and oxygen atoms in total. The first-order valence-electron chi connectivity index (χ1n) is 7.80. The van der Waals surface area contributed by atoms with Gasteiger partial charge in [0.05, 0.1) is 4.90 Å². The molecule has 0 bridgehead atoms. The molecule has 2 N–H and O–H groups in total. The second-order valence-electron chi connectivity index (χ2n) is 6.06. The fourth-order valence-electron chi connectivity index (χ4n) is 2.91. The van der Waals surface area contributed by atoms with E-state index in [-0.39, 0.29) is 0 Å². The minimum Gasteiger partial charge on any atom is -0.313 e. The number of hydrogen-bond acceptors (Lipinski definition) is 3. The van der Waals surface area contributed by atoms with Crippen LogP contribution in [0.5, 0.6) is 0 Å². The molecule has 5 heteroatoms. The van der Waals surface area contributed by atoms with Crippen molar-refractivity contribution in [3.8, 4) is 0 Å². The van der Waals surface area contributed by atoms with E-state index in [1.54, 1.807) is 18.2 Å². The summed E-state index contributed by atoms with van der Waals surface area (Å²) >= 11 is 0. The van der Waals surface area contributed by atoms with E-state index in [0.29, 0.717) is 23.9 Å². The average molecular weight is 310 g/mol. The summed E-state index contributed by atoms with van der Waals surface area (Å²) in [6, 6.07) is 7.16. The van der Waals surface area contributed by atoms with Crippen molar-refractivity contribution in [3.63, 3.8) is 0 Å². The lowest BCUT2D eigenvalue weighted by Gasteiger charge is -2.12. The summed E-state index contributed by atoms with van der Waals surface area (Å²) in [5.41, 5.74) is 0.995. The van der Waals surface area contributed by atoms with Crippen LogP contribution in [0, 0.1) is 11.8 Å². The van der Waals surface area contributed by atoms with Gasteiger partial charge in [-0.3, -0.25) is 0 Å². The molecule has 2 unspecified atom stereocenters. The molecular weight excluding hydrogens is 284 g/mol. The fourth-order valence-corrected chi connectivity index (χ4v) is 4.10. The van der Waals surface area contributed by atoms with Gasteiger partial charge in [-0.05, 0) is 48.9 Å². The van der Waals surface area contributed by atoms with Gasteiger partial charge in [0, 0.05) is 13.1 Å². The first-order chi connectivity index (χ1) is 10.0. The summed E-state index contributed by atoms with van der Waals surface area (Å²) in [6.07, 6.45) is 3.47. The number of sulfonamides is 1. The number of rotatable bonds is 7. The fraction of sp³-hybridized carbons (Fsp3) is 0.625. The van der Waals surface area contributed by atoms with Crippen LogP contribution in [0.1, 0.15) is 38.7 Å². The summed E-state index contributed by atoms with van der Waals surface area (Å²) in [5, 5.41) is 3.21. The van der Waals surface area contributed by atoms with Crippen LogP contribution in [-0.4, -0.2) is 21.5 Å². The third-order valence-corrected chi connectivity index (χ3v) is 5.57. The Morgan fingerprint density at radius 3 is 2.76 bits per heavy atom. The van der Waals surface area contributed by atoms with Crippen LogP contribution in [-0.2, 0) is 16.6 Å². The molecular formula is C16H26N2O2S. The van der Waals surface area contributed by atoms with Crippen LogP contribution in [0.4, 0.5) is 0 Å². The SMILES string of the molecule is CCNCc1cccc(S(=O)(=O)NCC2CCC(C)C2)c1. The molecule has 0 heterocycles. The first-order valence-corrected chi connectivity index (χ1v) is 9.29. The van der Waals surface area contributed by atoms with Gasteiger partial charge >= 0.3 is 0 Å². The Hall–Kier alpha value is -0.910. The summed E-state index contributed by atoms with van der Waals surface area (Å²) in [5.74, 6) is 1.21. The third kappa shape index (κ3) is 4.80. The maximum absolute atomic E-state index is 12.4. The molecule has 1 aliphatic carbocycles. The molecule has 1 saturated carbocycles. The highest BCUT2D eigenvalue weighted by Gasteiger charge is 2.23. The number of hydrogen-bond donors (Lipinski definition) is 2. The summed E-state index contributed by atoms with van der Waals surface area (Å²) in [6.45, 7) is 6.39. The van der Waals surface area contributed by atoms with Gasteiger partial charge < -0.3 is 5.32 Å². The monoisotopic (exact) mass is 310 g/mol. The molecule has 118 valence electrons. The van der Waals surface area contributed by atoms with Gasteiger partial charge in [0.2, 0.25) is 10.0 Å². The van der Waals surface area contributed by atoms with Crippen LogP contribution >= 0.6 is 0 Å². The van der Waals surface area contributed by atoms with E-state index in [0.717, 1.165) is 30.9 Å². The Balaban J connectivity index is 1.98. The van der Waals surface area contributed by atoms with E-state index >= 15 is 0 Å². The van der Waals surface area contributed by atoms with Gasteiger partial charge in [0.1, 0.15) is 0 Å². The number of nitrogens with one attached hydrogen (secondary N) is 2. The van der Waals surface area contributed by atoms with Crippen molar-refractivity contribution in [2.24, 2.45) is 11.8 Å². The largest absolute Gasteiger partial charge is 0.313 e. The normalized spacial score (nSPS) is 22.6. The lowest BCUT2D eigenvalue weighted by atomic mass is 10.1. The van der Waals surface area contributed by atoms with Gasteiger partial charge in [-0.15, -0.1) is 0 Å². The molecule has 0 spiro atoms. The second kappa shape index (κ2) is 7.38. The van der Waals surface area contributed by atoms with Gasteiger partial charge in [0.25, 0.3) is 0 Å². The molecule has 0 radical (unpaired) electrons. The molecule has 2 atom stereocenters. The molecule has 1 aromatic carbocycles. The van der Waals surface area contributed by atoms with E-state index in [9.17, 15) is 8.42 Å². The molecule has 1 fully saturated rings. The minimum absolute atomic E-state index is 0.365. The van der Waals surface area contributed by atoms with Crippen LogP contribution in [0.25, 0.3) is 0 Å². The van der Waals surface area contributed by atoms with E-state index in [1.165, 1.54) is 6.42 Å². The van der Waals surface area contributed by atoms with Crippen molar-refractivity contribution in [1.29, 1.82) is 0 Å². The third-order valence-electron chi connectivity index (χ3n) is 4.15. The average Bonchev–Trinajstić information content (AvgIpc) is 2.89. The van der Waals surface area contributed by atoms with E-state index in [2.05, 4.69) is 17.0 Å². The molecule has 0 aliphatic heterocycles. The van der Waals surface area contributed by atoms with Crippen molar-refractivity contribution in [1.82, 2.24) is 10.0 Å². The Morgan fingerprint density at radius 1 is 1.29 bits per heavy atom. The maximum atomic E-state index is 12.4. The molecule has 1 aliphatic rings. The molecule has 0 aromatic heterocycles. The molecule has 1 aromatic rings. The smallest absolute Gasteiger partial charge is 0.240 e. The van der Waals surface area contributed by atoms with Crippen LogP contribution < -0.4 is 10.0 Å². The van der Waals surface area contributed by atoms with Crippen LogP contribution in [0.3, 0.4) is 0 Å². The minimum atomic E-state index is -3.39. The predicted molar refractivity (Wildman–Crippen MR) is 85.5 cm³/mol. The molecule has 0 amide bonds. The summed E-state index contributed by atoms with van der Waals surface area (Å²) in [4.78, 5) is 0.365. The molecule has 2 rings (SSSR count). The Kier molecular flexibility index (Phi) is 5.79. The Morgan fingerprint density at radius 2 is 2.10 bits per heavy atom. The molecule has 21 heavy (non-hydrogen) atoms. The zero-order valence-corrected chi connectivity index (χ0v) is 13.7. The zero-order valence-electron chi connectivity index (χ0n) is 12.9. The quantitative estimate of drug-likeness (QED) is 0.813. The van der Waals surface area contributed by atoms with Crippen molar-refractivity contribution < 1.29 is 8.42 Å². The molecule has 0 saturated heterocycles. The lowest BCUT2D eigenvalue weighted by Crippen LogP contribution is -2.28. The van der Waals surface area contributed by atoms with Crippen LogP contribution in [0.2, 0.25) is 0 Å². The highest BCUT2D eigenvalue weighted by atomic mass is 32.2. The lowest BCUT2D eigenvalue weighted by molar-refractivity contribution is 0.498. The van der Waals surface area contributed by atoms with Crippen molar-refractivity contribution >= 4 is 10.0 Å². The van der Waals surface area contributed by atoms with Crippen LogP contribution in [0.15, 0.2) is 29.2 Å². The zero-order chi connectivity index (χ0) is 15.3. The van der Waals surface area contributed by atoms with E-state index < -0.39 is 10.0 Å². The number of benzene rings is 1. The maximum Gasteiger partial charge on any atom is 0.240 e. The Labute approximate surface area is 128 Å². The standard InChI is InChI=1S/C16H26N2O2S/c1-3-17-11-14-5-4-6-16(10-14)21(19,20)18-12-15-8-7-13(2)9-15/h4-6,10,13,15,17-18H,3,7-9,11-12H2,1-2H3. The predicted octanol–water partition coefficient (Wildman–Crippen LogP) is 2.51. The first kappa shape index (κ1) is 16.5. The van der Waals surface area contributed by atoms with Gasteiger partial charge in [-0.1, -0.05) is 32.4 Å². The van der Waals surface area contributed by atoms with E-state index in [1.807, 2.05) is 13.0 Å². The van der Waals surface area contributed by atoms with Gasteiger partial charge in [0.15, 0.2) is 0 Å². The van der Waals surface area contributed by atoms with Crippen molar-refractivity contribution in [2.45, 2.75) is 44.6 Å².